The molecular formula is C24H24N2O. The Morgan fingerprint density at radius 1 is 1.07 bits per heavy atom. The summed E-state index contributed by atoms with van der Waals surface area (Å²) in [6.07, 6.45) is 6.69. The van der Waals surface area contributed by atoms with E-state index in [-0.39, 0.29) is 17.2 Å². The monoisotopic (exact) mass is 356 g/mol. The van der Waals surface area contributed by atoms with Crippen LogP contribution in [-0.4, -0.2) is 12.1 Å². The lowest BCUT2D eigenvalue weighted by Gasteiger charge is -2.15. The summed E-state index contributed by atoms with van der Waals surface area (Å²) in [5.41, 5.74) is 4.11. The minimum absolute atomic E-state index is 0.0881. The van der Waals surface area contributed by atoms with E-state index in [0.29, 0.717) is 5.92 Å². The number of hydrogen-bond donors (Lipinski definition) is 1. The van der Waals surface area contributed by atoms with Gasteiger partial charge in [-0.2, -0.15) is 5.10 Å². The molecule has 27 heavy (non-hydrogen) atoms. The molecule has 5 rings (SSSR count). The number of nitrogens with one attached hydrogen (secondary N) is 1. The number of fused-ring (bicyclic) bond motifs is 3. The number of hydrazone groups is 1. The summed E-state index contributed by atoms with van der Waals surface area (Å²) in [6, 6.07) is 18.9. The van der Waals surface area contributed by atoms with E-state index < -0.39 is 0 Å². The highest BCUT2D eigenvalue weighted by atomic mass is 16.2. The summed E-state index contributed by atoms with van der Waals surface area (Å²) in [5.74, 6) is 0.784. The second-order valence-electron chi connectivity index (χ2n) is 8.30. The van der Waals surface area contributed by atoms with Crippen molar-refractivity contribution in [2.24, 2.45) is 22.4 Å². The maximum atomic E-state index is 12.7. The highest BCUT2D eigenvalue weighted by Crippen LogP contribution is 2.66. The molecule has 3 aromatic rings. The van der Waals surface area contributed by atoms with Crippen LogP contribution in [0.1, 0.15) is 38.2 Å². The van der Waals surface area contributed by atoms with Crippen molar-refractivity contribution in [2.75, 3.05) is 0 Å². The maximum Gasteiger partial charge on any atom is 0.244 e. The smallest absolute Gasteiger partial charge is 0.244 e. The fraction of sp³-hybridized carbons (Fsp3) is 0.333. The number of hydrogen-bond acceptors (Lipinski definition) is 2. The van der Waals surface area contributed by atoms with Crippen molar-refractivity contribution in [3.05, 3.63) is 60.2 Å². The number of benzene rings is 3. The predicted octanol–water partition coefficient (Wildman–Crippen LogP) is 5.27. The summed E-state index contributed by atoms with van der Waals surface area (Å²) in [4.78, 5) is 12.7. The molecule has 0 saturated heterocycles. The SMILES string of the molecule is C[C@]12CCCC[C@H]1[C@H]2C(=O)N/N=C\c1c2ccccc2cc2ccccc12. The van der Waals surface area contributed by atoms with Crippen molar-refractivity contribution in [1.82, 2.24) is 5.43 Å². The lowest BCUT2D eigenvalue weighted by atomic mass is 9.90. The third-order valence-electron chi connectivity index (χ3n) is 6.80. The van der Waals surface area contributed by atoms with Crippen LogP contribution in [0.15, 0.2) is 59.7 Å². The molecule has 3 heteroatoms. The van der Waals surface area contributed by atoms with Crippen LogP contribution in [0.2, 0.25) is 0 Å². The topological polar surface area (TPSA) is 41.5 Å². The molecule has 0 spiro atoms. The Morgan fingerprint density at radius 3 is 2.37 bits per heavy atom. The Balaban J connectivity index is 1.44. The molecule has 3 atom stereocenters. The van der Waals surface area contributed by atoms with Crippen molar-refractivity contribution in [2.45, 2.75) is 32.6 Å². The van der Waals surface area contributed by atoms with Gasteiger partial charge >= 0.3 is 0 Å². The third kappa shape index (κ3) is 2.64. The Labute approximate surface area is 159 Å². The second kappa shape index (κ2) is 6.19. The number of carbonyl (C=O) groups excluding carboxylic acids is 1. The average Bonchev–Trinajstić information content (AvgIpc) is 3.33. The van der Waals surface area contributed by atoms with E-state index in [1.165, 1.54) is 36.5 Å². The van der Waals surface area contributed by atoms with Gasteiger partial charge in [0.05, 0.1) is 6.21 Å². The standard InChI is InChI=1S/C24H24N2O/c1-24-13-7-6-12-21(24)22(24)23(27)26-25-15-20-18-10-4-2-8-16(18)14-17-9-3-5-11-19(17)20/h2-5,8-11,14-15,21-22H,6-7,12-13H2,1H3,(H,26,27)/b25-15-/t21-,22-,24-/m0/s1. The van der Waals surface area contributed by atoms with E-state index in [1.807, 2.05) is 18.3 Å². The van der Waals surface area contributed by atoms with Gasteiger partial charge in [0.1, 0.15) is 0 Å². The van der Waals surface area contributed by atoms with Gasteiger partial charge in [0, 0.05) is 11.5 Å². The van der Waals surface area contributed by atoms with Gasteiger partial charge in [0.2, 0.25) is 5.91 Å². The van der Waals surface area contributed by atoms with Crippen molar-refractivity contribution in [3.8, 4) is 0 Å². The van der Waals surface area contributed by atoms with Crippen LogP contribution in [0.4, 0.5) is 0 Å². The summed E-state index contributed by atoms with van der Waals surface area (Å²) >= 11 is 0. The summed E-state index contributed by atoms with van der Waals surface area (Å²) < 4.78 is 0. The number of rotatable bonds is 3. The molecule has 2 fully saturated rings. The van der Waals surface area contributed by atoms with E-state index in [2.05, 4.69) is 59.9 Å². The van der Waals surface area contributed by atoms with Crippen molar-refractivity contribution >= 4 is 33.7 Å². The molecule has 136 valence electrons. The Kier molecular flexibility index (Phi) is 3.78. The first kappa shape index (κ1) is 16.5. The highest BCUT2D eigenvalue weighted by Gasteiger charge is 2.64. The van der Waals surface area contributed by atoms with E-state index in [1.54, 1.807) is 0 Å². The molecule has 3 aromatic carbocycles. The van der Waals surface area contributed by atoms with E-state index in [0.717, 1.165) is 16.3 Å². The van der Waals surface area contributed by atoms with Crippen molar-refractivity contribution < 1.29 is 4.79 Å². The first-order chi connectivity index (χ1) is 13.2. The molecule has 2 saturated carbocycles. The van der Waals surface area contributed by atoms with Gasteiger partial charge in [-0.25, -0.2) is 5.43 Å². The van der Waals surface area contributed by atoms with E-state index in [4.69, 9.17) is 0 Å². The third-order valence-corrected chi connectivity index (χ3v) is 6.80. The Morgan fingerprint density at radius 2 is 1.74 bits per heavy atom. The molecule has 2 aliphatic carbocycles. The molecule has 0 aliphatic heterocycles. The van der Waals surface area contributed by atoms with Crippen molar-refractivity contribution in [1.29, 1.82) is 0 Å². The van der Waals surface area contributed by atoms with E-state index in [9.17, 15) is 4.79 Å². The summed E-state index contributed by atoms with van der Waals surface area (Å²) in [5, 5.41) is 9.05. The fourth-order valence-electron chi connectivity index (χ4n) is 5.27. The zero-order valence-electron chi connectivity index (χ0n) is 15.6. The second-order valence-corrected chi connectivity index (χ2v) is 8.30. The van der Waals surface area contributed by atoms with Crippen molar-refractivity contribution in [3.63, 3.8) is 0 Å². The van der Waals surface area contributed by atoms with Crippen LogP contribution in [0, 0.1) is 17.3 Å². The largest absolute Gasteiger partial charge is 0.273 e. The molecule has 3 nitrogen and oxygen atoms in total. The first-order valence-corrected chi connectivity index (χ1v) is 9.92. The molecule has 0 radical (unpaired) electrons. The lowest BCUT2D eigenvalue weighted by Crippen LogP contribution is -2.22. The minimum atomic E-state index is 0.0881. The van der Waals surface area contributed by atoms with Crippen LogP contribution in [-0.2, 0) is 4.79 Å². The number of carbonyl (C=O) groups is 1. The van der Waals surface area contributed by atoms with Gasteiger partial charge in [0.25, 0.3) is 0 Å². The zero-order chi connectivity index (χ0) is 18.4. The van der Waals surface area contributed by atoms with Crippen LogP contribution < -0.4 is 5.43 Å². The first-order valence-electron chi connectivity index (χ1n) is 9.92. The zero-order valence-corrected chi connectivity index (χ0v) is 15.6. The molecule has 0 unspecified atom stereocenters. The summed E-state index contributed by atoms with van der Waals surface area (Å²) in [7, 11) is 0. The van der Waals surface area contributed by atoms with Crippen LogP contribution in [0.25, 0.3) is 21.5 Å². The molecule has 0 heterocycles. The van der Waals surface area contributed by atoms with Gasteiger partial charge in [0.15, 0.2) is 0 Å². The van der Waals surface area contributed by atoms with Gasteiger partial charge in [-0.05, 0) is 51.8 Å². The molecule has 0 aromatic heterocycles. The normalized spacial score (nSPS) is 27.0. The molecule has 1 N–H and O–H groups in total. The Bertz CT molecular complexity index is 1020. The van der Waals surface area contributed by atoms with Crippen LogP contribution in [0.3, 0.4) is 0 Å². The van der Waals surface area contributed by atoms with Crippen LogP contribution in [0.5, 0.6) is 0 Å². The van der Waals surface area contributed by atoms with Crippen LogP contribution >= 0.6 is 0 Å². The highest BCUT2D eigenvalue weighted by molar-refractivity contribution is 6.13. The molecular weight excluding hydrogens is 332 g/mol. The quantitative estimate of drug-likeness (QED) is 0.388. The van der Waals surface area contributed by atoms with Gasteiger partial charge < -0.3 is 0 Å². The van der Waals surface area contributed by atoms with Gasteiger partial charge in [-0.1, -0.05) is 68.3 Å². The lowest BCUT2D eigenvalue weighted by molar-refractivity contribution is -0.123. The van der Waals surface area contributed by atoms with E-state index >= 15 is 0 Å². The summed E-state index contributed by atoms with van der Waals surface area (Å²) in [6.45, 7) is 2.27. The molecule has 0 bridgehead atoms. The number of amides is 1. The average molecular weight is 356 g/mol. The maximum absolute atomic E-state index is 12.7. The van der Waals surface area contributed by atoms with Gasteiger partial charge in [-0.3, -0.25) is 4.79 Å². The van der Waals surface area contributed by atoms with Gasteiger partial charge in [-0.15, -0.1) is 0 Å². The minimum Gasteiger partial charge on any atom is -0.273 e. The molecule has 2 aliphatic rings. The fourth-order valence-corrected chi connectivity index (χ4v) is 5.27. The molecule has 1 amide bonds. The Hall–Kier alpha value is -2.68. The predicted molar refractivity (Wildman–Crippen MR) is 111 cm³/mol. The number of nitrogens with zero attached hydrogens (tertiary/aromatic N) is 1.